The van der Waals surface area contributed by atoms with E-state index in [1.807, 2.05) is 0 Å². The summed E-state index contributed by atoms with van der Waals surface area (Å²) in [6.07, 6.45) is 0. The molecule has 0 aliphatic carbocycles. The Morgan fingerprint density at radius 3 is 1.33 bits per heavy atom. The molecule has 0 fully saturated rings. The second-order valence-corrected chi connectivity index (χ2v) is 13.3. The lowest BCUT2D eigenvalue weighted by Gasteiger charge is -2.14. The lowest BCUT2D eigenvalue weighted by molar-refractivity contribution is 2.10. The third-order valence-corrected chi connectivity index (χ3v) is 15.9. The Hall–Kier alpha value is 0.734. The molecule has 0 atom stereocenters. The molecular weight excluding hydrogens is 159 g/mol. The van der Waals surface area contributed by atoms with Crippen LogP contribution in [0.4, 0.5) is 0 Å². The van der Waals surface area contributed by atoms with Crippen LogP contribution in [0.3, 0.4) is 0 Å². The zero-order chi connectivity index (χ0) is 7.49. The van der Waals surface area contributed by atoms with Gasteiger partial charge in [0.1, 0.15) is 0 Å². The molecule has 3 heteroatoms. The molecule has 9 heavy (non-hydrogen) atoms. The van der Waals surface area contributed by atoms with E-state index in [1.165, 1.54) is 0 Å². The van der Waals surface area contributed by atoms with Gasteiger partial charge in [-0.3, -0.25) is 0 Å². The molecular formula is C6H19PSi2. The van der Waals surface area contributed by atoms with Gasteiger partial charge in [-0.15, -0.1) is 11.4 Å². The molecule has 0 nitrogen and oxygen atoms in total. The van der Waals surface area contributed by atoms with E-state index < -0.39 is 6.89 Å². The minimum Gasteiger partial charge on any atom is -0.123 e. The average Bonchev–Trinajstić information content (AvgIpc) is 1.65. The zero-order valence-electron chi connectivity index (χ0n) is 7.36. The van der Waals surface area contributed by atoms with Gasteiger partial charge in [-0.1, -0.05) is 13.1 Å². The monoisotopic (exact) mass is 178 g/mol. The van der Waals surface area contributed by atoms with Crippen molar-refractivity contribution < 1.29 is 0 Å². The first-order chi connectivity index (χ1) is 4.02. The Morgan fingerprint density at radius 2 is 1.33 bits per heavy atom. The minimum atomic E-state index is -0.486. The van der Waals surface area contributed by atoms with Crippen LogP contribution >= 0.6 is 6.89 Å². The van der Waals surface area contributed by atoms with Crippen LogP contribution in [0.5, 0.6) is 0 Å². The van der Waals surface area contributed by atoms with Crippen molar-refractivity contribution in [2.24, 2.45) is 0 Å². The summed E-state index contributed by atoms with van der Waals surface area (Å²) in [7, 11) is 0.503. The number of rotatable bonds is 2. The van der Waals surface area contributed by atoms with Gasteiger partial charge in [0.25, 0.3) is 0 Å². The standard InChI is InChI=1S/C6H19PSi2/c1-7(2,3)6(8-4)9-5/h8-9H2,1-5H3. The molecule has 0 aliphatic heterocycles. The molecule has 0 saturated heterocycles. The van der Waals surface area contributed by atoms with Crippen molar-refractivity contribution in [3.05, 3.63) is 0 Å². The van der Waals surface area contributed by atoms with E-state index in [2.05, 4.69) is 37.6 Å². The largest absolute Gasteiger partial charge is 0.123 e. The van der Waals surface area contributed by atoms with Gasteiger partial charge >= 0.3 is 0 Å². The van der Waals surface area contributed by atoms with E-state index in [-0.39, 0.29) is 19.0 Å². The summed E-state index contributed by atoms with van der Waals surface area (Å²) in [5.41, 5.74) is 0. The highest BCUT2D eigenvalue weighted by Crippen LogP contribution is 2.34. The summed E-state index contributed by atoms with van der Waals surface area (Å²) >= 11 is 0. The van der Waals surface area contributed by atoms with Crippen LogP contribution in [0.25, 0.3) is 0 Å². The maximum atomic E-state index is 2.47. The van der Waals surface area contributed by atoms with E-state index >= 15 is 0 Å². The fraction of sp³-hybridized carbons (Fsp3) is 0.833. The first kappa shape index (κ1) is 9.73. The van der Waals surface area contributed by atoms with Gasteiger partial charge in [-0.2, -0.15) is 0 Å². The molecule has 0 spiro atoms. The van der Waals surface area contributed by atoms with Crippen LogP contribution in [0.15, 0.2) is 0 Å². The predicted octanol–water partition coefficient (Wildman–Crippen LogP) is 0.415. The van der Waals surface area contributed by atoms with Crippen LogP contribution in [-0.4, -0.2) is 43.6 Å². The lowest BCUT2D eigenvalue weighted by atomic mass is 11.8. The highest BCUT2D eigenvalue weighted by atomic mass is 31.2. The third kappa shape index (κ3) is 3.44. The average molecular weight is 178 g/mol. The molecule has 0 aromatic rings. The summed E-state index contributed by atoms with van der Waals surface area (Å²) < 4.78 is 2.06. The lowest BCUT2D eigenvalue weighted by Crippen LogP contribution is -2.13. The maximum Gasteiger partial charge on any atom is 0.0410 e. The molecule has 0 bridgehead atoms. The van der Waals surface area contributed by atoms with Gasteiger partial charge in [0.2, 0.25) is 0 Å². The summed E-state index contributed by atoms with van der Waals surface area (Å²) in [6.45, 7) is 11.8. The molecule has 0 unspecified atom stereocenters. The third-order valence-electron chi connectivity index (χ3n) is 1.76. The highest BCUT2D eigenvalue weighted by molar-refractivity contribution is 7.81. The summed E-state index contributed by atoms with van der Waals surface area (Å²) in [6, 6.07) is 0. The SMILES string of the molecule is C[SiH2]C([SiH2]C)=P(C)(C)C. The molecule has 0 heterocycles. The molecule has 0 saturated carbocycles. The van der Waals surface area contributed by atoms with Gasteiger partial charge in [0, 0.05) is 19.0 Å². The van der Waals surface area contributed by atoms with Gasteiger partial charge in [-0.05, 0) is 20.0 Å². The molecule has 0 radical (unpaired) electrons. The van der Waals surface area contributed by atoms with Crippen molar-refractivity contribution in [2.75, 3.05) is 20.0 Å². The van der Waals surface area contributed by atoms with Gasteiger partial charge in [-0.25, -0.2) is 0 Å². The fourth-order valence-corrected chi connectivity index (χ4v) is 10.8. The van der Waals surface area contributed by atoms with Crippen molar-refractivity contribution in [3.63, 3.8) is 0 Å². The first-order valence-corrected chi connectivity index (χ1v) is 11.1. The van der Waals surface area contributed by atoms with Crippen molar-refractivity contribution >= 4 is 30.5 Å². The summed E-state index contributed by atoms with van der Waals surface area (Å²) in [5.74, 6) is 0. The molecule has 0 rings (SSSR count). The van der Waals surface area contributed by atoms with Crippen LogP contribution in [0, 0.1) is 0 Å². The van der Waals surface area contributed by atoms with Gasteiger partial charge in [0.15, 0.2) is 0 Å². The van der Waals surface area contributed by atoms with E-state index in [9.17, 15) is 0 Å². The summed E-state index contributed by atoms with van der Waals surface area (Å²) in [4.78, 5) is 0. The van der Waals surface area contributed by atoms with Crippen LogP contribution in [0.2, 0.25) is 13.1 Å². The van der Waals surface area contributed by atoms with E-state index in [1.54, 1.807) is 0 Å². The topological polar surface area (TPSA) is 0 Å². The maximum absolute atomic E-state index is 2.47. The molecule has 0 aromatic carbocycles. The van der Waals surface area contributed by atoms with Gasteiger partial charge in [0.05, 0.1) is 0 Å². The van der Waals surface area contributed by atoms with Crippen LogP contribution < -0.4 is 0 Å². The number of hydrogen-bond acceptors (Lipinski definition) is 0. The van der Waals surface area contributed by atoms with Crippen molar-refractivity contribution in [1.82, 2.24) is 0 Å². The minimum absolute atomic E-state index is 0.252. The normalized spacial score (nSPS) is 14.3. The Bertz CT molecular complexity index is 120. The van der Waals surface area contributed by atoms with Crippen molar-refractivity contribution in [1.29, 1.82) is 0 Å². The van der Waals surface area contributed by atoms with Crippen LogP contribution in [0.1, 0.15) is 0 Å². The fourth-order valence-electron chi connectivity index (χ4n) is 1.20. The predicted molar refractivity (Wildman–Crippen MR) is 58.5 cm³/mol. The van der Waals surface area contributed by atoms with E-state index in [4.69, 9.17) is 0 Å². The molecule has 0 N–H and O–H groups in total. The number of hydrogen-bond donors (Lipinski definition) is 0. The summed E-state index contributed by atoms with van der Waals surface area (Å²) in [5, 5.41) is 0. The Balaban J connectivity index is 4.40. The van der Waals surface area contributed by atoms with Crippen LogP contribution in [-0.2, 0) is 0 Å². The highest BCUT2D eigenvalue weighted by Gasteiger charge is 2.01. The van der Waals surface area contributed by atoms with Gasteiger partial charge < -0.3 is 0 Å². The second-order valence-electron chi connectivity index (χ2n) is 3.29. The Kier molecular flexibility index (Phi) is 4.10. The zero-order valence-corrected chi connectivity index (χ0v) is 11.1. The molecule has 56 valence electrons. The smallest absolute Gasteiger partial charge is 0.0410 e. The van der Waals surface area contributed by atoms with E-state index in [0.29, 0.717) is 0 Å². The van der Waals surface area contributed by atoms with E-state index in [0.717, 1.165) is 0 Å². The molecule has 0 aliphatic rings. The Morgan fingerprint density at radius 1 is 1.00 bits per heavy atom. The first-order valence-electron chi connectivity index (χ1n) is 3.69. The van der Waals surface area contributed by atoms with Crippen molar-refractivity contribution in [3.8, 4) is 0 Å². The second kappa shape index (κ2) is 3.79. The Labute approximate surface area is 64.1 Å². The quantitative estimate of drug-likeness (QED) is 0.424. The van der Waals surface area contributed by atoms with Crippen molar-refractivity contribution in [2.45, 2.75) is 13.1 Å². The molecule has 0 aromatic heterocycles. The molecule has 0 amide bonds.